The number of nitrogens with zero attached hydrogens (tertiary/aromatic N) is 5. The Labute approximate surface area is 234 Å². The maximum absolute atomic E-state index is 13.6. The predicted octanol–water partition coefficient (Wildman–Crippen LogP) is 5.73. The van der Waals surface area contributed by atoms with Crippen LogP contribution in [0.2, 0.25) is 0 Å². The predicted molar refractivity (Wildman–Crippen MR) is 147 cm³/mol. The fourth-order valence-electron chi connectivity index (χ4n) is 4.67. The second kappa shape index (κ2) is 10.9. The van der Waals surface area contributed by atoms with Crippen LogP contribution < -0.4 is 10.1 Å². The van der Waals surface area contributed by atoms with E-state index in [9.17, 15) is 18.0 Å². The topological polar surface area (TPSA) is 102 Å². The molecule has 1 aliphatic heterocycles. The van der Waals surface area contributed by atoms with Crippen LogP contribution in [-0.2, 0) is 21.1 Å². The molecule has 1 saturated heterocycles. The van der Waals surface area contributed by atoms with Crippen LogP contribution in [0, 0.1) is 0 Å². The van der Waals surface area contributed by atoms with Gasteiger partial charge in [-0.2, -0.15) is 13.2 Å². The van der Waals surface area contributed by atoms with Gasteiger partial charge in [-0.05, 0) is 35.2 Å². The van der Waals surface area contributed by atoms with Crippen LogP contribution in [0.4, 0.5) is 24.7 Å². The molecule has 3 aromatic heterocycles. The van der Waals surface area contributed by atoms with Gasteiger partial charge in [0.1, 0.15) is 24.2 Å². The first kappa shape index (κ1) is 28.2. The lowest BCUT2D eigenvalue weighted by Crippen LogP contribution is -2.51. The molecule has 1 unspecified atom stereocenters. The number of pyridine rings is 2. The Bertz CT molecular complexity index is 1590. The highest BCUT2D eigenvalue weighted by Crippen LogP contribution is 2.38. The molecule has 0 saturated carbocycles. The van der Waals surface area contributed by atoms with Gasteiger partial charge < -0.3 is 19.7 Å². The van der Waals surface area contributed by atoms with Gasteiger partial charge in [0.15, 0.2) is 12.0 Å². The van der Waals surface area contributed by atoms with Crippen LogP contribution in [-0.4, -0.2) is 56.7 Å². The van der Waals surface area contributed by atoms with Crippen molar-refractivity contribution < 1.29 is 27.4 Å². The SMILES string of the molecule is CC(=O)N1CCOCC1Oc1cc(Nc2ncnc3cc(-c4ncccc4C(F)(F)F)cnc23)ccc1C(C)(C)C. The molecule has 5 rings (SSSR count). The van der Waals surface area contributed by atoms with Crippen molar-refractivity contribution in [3.05, 3.63) is 66.2 Å². The van der Waals surface area contributed by atoms with Gasteiger partial charge in [-0.15, -0.1) is 0 Å². The van der Waals surface area contributed by atoms with Crippen molar-refractivity contribution in [3.63, 3.8) is 0 Å². The molecular formula is C29H29F3N6O3. The Morgan fingerprint density at radius 3 is 2.61 bits per heavy atom. The Morgan fingerprint density at radius 2 is 1.88 bits per heavy atom. The summed E-state index contributed by atoms with van der Waals surface area (Å²) in [4.78, 5) is 30.7. The molecule has 214 valence electrons. The lowest BCUT2D eigenvalue weighted by Gasteiger charge is -2.36. The summed E-state index contributed by atoms with van der Waals surface area (Å²) in [5.74, 6) is 0.836. The number of aromatic nitrogens is 4. The summed E-state index contributed by atoms with van der Waals surface area (Å²) in [7, 11) is 0. The average molecular weight is 567 g/mol. The molecule has 0 radical (unpaired) electrons. The number of alkyl halides is 3. The number of anilines is 2. The Morgan fingerprint density at radius 1 is 1.07 bits per heavy atom. The van der Waals surface area contributed by atoms with Crippen LogP contribution in [0.5, 0.6) is 5.75 Å². The average Bonchev–Trinajstić information content (AvgIpc) is 2.92. The minimum absolute atomic E-state index is 0.101. The Kier molecular flexibility index (Phi) is 7.52. The van der Waals surface area contributed by atoms with Crippen LogP contribution in [0.3, 0.4) is 0 Å². The highest BCUT2D eigenvalue weighted by Gasteiger charge is 2.34. The summed E-state index contributed by atoms with van der Waals surface area (Å²) < 4.78 is 52.6. The van der Waals surface area contributed by atoms with Crippen LogP contribution in [0.25, 0.3) is 22.3 Å². The normalized spacial score (nSPS) is 16.1. The molecule has 9 nitrogen and oxygen atoms in total. The van der Waals surface area contributed by atoms with E-state index in [-0.39, 0.29) is 29.2 Å². The van der Waals surface area contributed by atoms with E-state index >= 15 is 0 Å². The van der Waals surface area contributed by atoms with Gasteiger partial charge in [0, 0.05) is 43.2 Å². The maximum Gasteiger partial charge on any atom is 0.418 e. The lowest BCUT2D eigenvalue weighted by atomic mass is 9.86. The van der Waals surface area contributed by atoms with Gasteiger partial charge >= 0.3 is 6.18 Å². The highest BCUT2D eigenvalue weighted by atomic mass is 19.4. The molecule has 41 heavy (non-hydrogen) atoms. The zero-order valence-electron chi connectivity index (χ0n) is 23.0. The number of morpholine rings is 1. The van der Waals surface area contributed by atoms with E-state index in [1.54, 1.807) is 4.90 Å². The number of benzene rings is 1. The molecule has 12 heteroatoms. The number of hydrogen-bond acceptors (Lipinski definition) is 8. The first-order chi connectivity index (χ1) is 19.4. The molecule has 0 aliphatic carbocycles. The number of ether oxygens (including phenoxy) is 2. The number of hydrogen-bond donors (Lipinski definition) is 1. The van der Waals surface area contributed by atoms with E-state index in [0.717, 1.165) is 11.6 Å². The molecule has 0 spiro atoms. The largest absolute Gasteiger partial charge is 0.468 e. The zero-order chi connectivity index (χ0) is 29.4. The van der Waals surface area contributed by atoms with Crippen molar-refractivity contribution in [3.8, 4) is 17.0 Å². The fraction of sp³-hybridized carbons (Fsp3) is 0.345. The number of fused-ring (bicyclic) bond motifs is 1. The summed E-state index contributed by atoms with van der Waals surface area (Å²) in [6.45, 7) is 8.82. The second-order valence-electron chi connectivity index (χ2n) is 10.7. The van der Waals surface area contributed by atoms with Gasteiger partial charge in [-0.1, -0.05) is 26.8 Å². The summed E-state index contributed by atoms with van der Waals surface area (Å²) in [6.07, 6.45) is -1.21. The Balaban J connectivity index is 1.49. The van der Waals surface area contributed by atoms with E-state index in [4.69, 9.17) is 9.47 Å². The molecule has 1 atom stereocenters. The van der Waals surface area contributed by atoms with E-state index in [1.165, 1.54) is 37.8 Å². The van der Waals surface area contributed by atoms with E-state index in [0.29, 0.717) is 41.4 Å². The van der Waals surface area contributed by atoms with E-state index in [2.05, 4.69) is 46.0 Å². The lowest BCUT2D eigenvalue weighted by molar-refractivity contribution is -0.150. The van der Waals surface area contributed by atoms with Crippen LogP contribution in [0.1, 0.15) is 38.8 Å². The van der Waals surface area contributed by atoms with Gasteiger partial charge in [-0.3, -0.25) is 9.78 Å². The minimum atomic E-state index is -4.57. The number of nitrogens with one attached hydrogen (secondary N) is 1. The smallest absolute Gasteiger partial charge is 0.418 e. The highest BCUT2D eigenvalue weighted by molar-refractivity contribution is 5.89. The molecule has 1 N–H and O–H groups in total. The van der Waals surface area contributed by atoms with Crippen molar-refractivity contribution in [2.24, 2.45) is 0 Å². The molecule has 4 aromatic rings. The third-order valence-corrected chi connectivity index (χ3v) is 6.67. The summed E-state index contributed by atoms with van der Waals surface area (Å²) in [6, 6.07) is 9.36. The standard InChI is InChI=1S/C29H29F3N6O3/c1-17(39)38-10-11-40-15-24(38)41-23-13-19(7-8-20(23)28(2,3)4)37-27-26-22(35-16-36-27)12-18(14-34-26)25-21(29(30,31)32)6-5-9-33-25/h5-9,12-14,16,24H,10-11,15H2,1-4H3,(H,35,36,37). The van der Waals surface area contributed by atoms with Crippen molar-refractivity contribution in [2.75, 3.05) is 25.1 Å². The first-order valence-corrected chi connectivity index (χ1v) is 13.0. The monoisotopic (exact) mass is 566 g/mol. The van der Waals surface area contributed by atoms with Crippen molar-refractivity contribution in [2.45, 2.75) is 45.5 Å². The summed E-state index contributed by atoms with van der Waals surface area (Å²) in [5.41, 5.74) is 1.12. The van der Waals surface area contributed by atoms with Crippen LogP contribution in [0.15, 0.2) is 55.1 Å². The molecule has 1 fully saturated rings. The Hall–Kier alpha value is -4.32. The first-order valence-electron chi connectivity index (χ1n) is 13.0. The summed E-state index contributed by atoms with van der Waals surface area (Å²) >= 11 is 0. The minimum Gasteiger partial charge on any atom is -0.468 e. The van der Waals surface area contributed by atoms with Crippen LogP contribution >= 0.6 is 0 Å². The molecule has 4 heterocycles. The third kappa shape index (κ3) is 6.07. The molecule has 1 aliphatic rings. The molecule has 1 amide bonds. The van der Waals surface area contributed by atoms with Gasteiger partial charge in [0.25, 0.3) is 0 Å². The van der Waals surface area contributed by atoms with Crippen molar-refractivity contribution in [1.82, 2.24) is 24.8 Å². The number of amides is 1. The van der Waals surface area contributed by atoms with E-state index in [1.807, 2.05) is 18.2 Å². The van der Waals surface area contributed by atoms with Gasteiger partial charge in [0.05, 0.1) is 23.4 Å². The molecule has 1 aromatic carbocycles. The quantitative estimate of drug-likeness (QED) is 0.327. The number of rotatable bonds is 5. The van der Waals surface area contributed by atoms with Crippen molar-refractivity contribution >= 4 is 28.4 Å². The van der Waals surface area contributed by atoms with Crippen molar-refractivity contribution in [1.29, 1.82) is 0 Å². The maximum atomic E-state index is 13.6. The van der Waals surface area contributed by atoms with Gasteiger partial charge in [-0.25, -0.2) is 15.0 Å². The fourth-order valence-corrected chi connectivity index (χ4v) is 4.67. The summed E-state index contributed by atoms with van der Waals surface area (Å²) in [5, 5.41) is 3.23. The van der Waals surface area contributed by atoms with E-state index < -0.39 is 18.0 Å². The molecular weight excluding hydrogens is 537 g/mol. The van der Waals surface area contributed by atoms with Gasteiger partial charge in [0.2, 0.25) is 5.91 Å². The number of carbonyl (C=O) groups excluding carboxylic acids is 1. The molecule has 0 bridgehead atoms. The number of halogens is 3. The zero-order valence-corrected chi connectivity index (χ0v) is 23.0. The number of carbonyl (C=O) groups is 1. The third-order valence-electron chi connectivity index (χ3n) is 6.67. The second-order valence-corrected chi connectivity index (χ2v) is 10.7.